The van der Waals surface area contributed by atoms with E-state index >= 15 is 0 Å². The zero-order valence-electron chi connectivity index (χ0n) is 9.14. The first kappa shape index (κ1) is 12.8. The van der Waals surface area contributed by atoms with Crippen LogP contribution in [-0.4, -0.2) is 0 Å². The number of hydrogen-bond acceptors (Lipinski definition) is 0. The third-order valence-electron chi connectivity index (χ3n) is 2.54. The van der Waals surface area contributed by atoms with Gasteiger partial charge in [-0.1, -0.05) is 19.1 Å². The molecule has 16 heavy (non-hydrogen) atoms. The lowest BCUT2D eigenvalue weighted by molar-refractivity contribution is -0.137. The summed E-state index contributed by atoms with van der Waals surface area (Å²) in [5.41, 5.74) is 0.857. The predicted molar refractivity (Wildman–Crippen MR) is 59.1 cm³/mol. The summed E-state index contributed by atoms with van der Waals surface area (Å²) < 4.78 is 37.6. The lowest BCUT2D eigenvalue weighted by Crippen LogP contribution is -2.07. The van der Waals surface area contributed by atoms with Gasteiger partial charge in [-0.25, -0.2) is 0 Å². The summed E-state index contributed by atoms with van der Waals surface area (Å²) in [7, 11) is 0. The van der Waals surface area contributed by atoms with Crippen LogP contribution < -0.4 is 0 Å². The van der Waals surface area contributed by atoms with Crippen molar-refractivity contribution < 1.29 is 13.2 Å². The van der Waals surface area contributed by atoms with Crippen molar-refractivity contribution in [2.24, 2.45) is 0 Å². The molecule has 0 fully saturated rings. The van der Waals surface area contributed by atoms with Gasteiger partial charge in [0, 0.05) is 5.92 Å². The lowest BCUT2D eigenvalue weighted by Gasteiger charge is -2.15. The van der Waals surface area contributed by atoms with Gasteiger partial charge < -0.3 is 0 Å². The van der Waals surface area contributed by atoms with Gasteiger partial charge in [0.05, 0.1) is 5.56 Å². The van der Waals surface area contributed by atoms with E-state index in [4.69, 9.17) is 0 Å². The van der Waals surface area contributed by atoms with Gasteiger partial charge in [0.2, 0.25) is 0 Å². The Morgan fingerprint density at radius 3 is 2.44 bits per heavy atom. The maximum absolute atomic E-state index is 12.5. The zero-order valence-corrected chi connectivity index (χ0v) is 9.14. The highest BCUT2D eigenvalue weighted by molar-refractivity contribution is 5.38. The van der Waals surface area contributed by atoms with Crippen molar-refractivity contribution in [3.05, 3.63) is 54.5 Å². The van der Waals surface area contributed by atoms with E-state index in [1.54, 1.807) is 6.08 Å². The third kappa shape index (κ3) is 2.65. The van der Waals surface area contributed by atoms with Crippen LogP contribution in [0.15, 0.2) is 30.9 Å². The monoisotopic (exact) mass is 227 g/mol. The fraction of sp³-hybridized carbons (Fsp3) is 0.308. The number of rotatable bonds is 3. The molecule has 0 saturated carbocycles. The molecule has 1 rings (SSSR count). The molecule has 1 radical (unpaired) electrons. The molecule has 0 N–H and O–H groups in total. The van der Waals surface area contributed by atoms with E-state index < -0.39 is 11.7 Å². The van der Waals surface area contributed by atoms with E-state index in [0.717, 1.165) is 17.7 Å². The highest BCUT2D eigenvalue weighted by Gasteiger charge is 2.31. The van der Waals surface area contributed by atoms with E-state index in [1.807, 2.05) is 6.92 Å². The molecule has 1 aromatic carbocycles. The molecule has 0 aliphatic rings. The van der Waals surface area contributed by atoms with Crippen molar-refractivity contribution in [3.8, 4) is 0 Å². The molecule has 0 nitrogen and oxygen atoms in total. The van der Waals surface area contributed by atoms with Gasteiger partial charge >= 0.3 is 6.18 Å². The second-order valence-corrected chi connectivity index (χ2v) is 3.61. The molecule has 0 saturated heterocycles. The van der Waals surface area contributed by atoms with Gasteiger partial charge in [-0.15, -0.1) is 6.58 Å². The number of hydrogen-bond donors (Lipinski definition) is 0. The zero-order chi connectivity index (χ0) is 12.3. The van der Waals surface area contributed by atoms with Gasteiger partial charge in [0.15, 0.2) is 0 Å². The Labute approximate surface area is 93.8 Å². The molecule has 1 atom stereocenters. The highest BCUT2D eigenvalue weighted by atomic mass is 19.4. The number of alkyl halides is 3. The molecule has 87 valence electrons. The van der Waals surface area contributed by atoms with Gasteiger partial charge in [0.25, 0.3) is 0 Å². The third-order valence-corrected chi connectivity index (χ3v) is 2.54. The van der Waals surface area contributed by atoms with Crippen molar-refractivity contribution in [1.82, 2.24) is 0 Å². The molecular weight excluding hydrogens is 213 g/mol. The molecular formula is C13H14F3. The van der Waals surface area contributed by atoms with Crippen LogP contribution >= 0.6 is 0 Å². The maximum atomic E-state index is 12.5. The summed E-state index contributed by atoms with van der Waals surface area (Å²) in [6.45, 7) is 9.24. The largest absolute Gasteiger partial charge is 0.416 e. The van der Waals surface area contributed by atoms with Crippen LogP contribution in [0.3, 0.4) is 0 Å². The van der Waals surface area contributed by atoms with Crippen molar-refractivity contribution >= 4 is 0 Å². The summed E-state index contributed by atoms with van der Waals surface area (Å²) in [6.07, 6.45) is -2.07. The van der Waals surface area contributed by atoms with Gasteiger partial charge in [-0.05, 0) is 36.6 Å². The van der Waals surface area contributed by atoms with Crippen LogP contribution in [0.5, 0.6) is 0 Å². The summed E-state index contributed by atoms with van der Waals surface area (Å²) >= 11 is 0. The van der Waals surface area contributed by atoms with E-state index in [0.29, 0.717) is 12.0 Å². The fourth-order valence-electron chi connectivity index (χ4n) is 1.57. The number of aryl methyl sites for hydroxylation is 1. The standard InChI is InChI=1S/C13H14F3/c1-4-9(3)12-8-11(13(14,15)16)7-6-10(12)5-2/h4,6-9H,1,3,5H2,2H3. The van der Waals surface area contributed by atoms with Gasteiger partial charge in [-0.3, -0.25) is 0 Å². The van der Waals surface area contributed by atoms with Crippen LogP contribution in [0.4, 0.5) is 13.2 Å². The second-order valence-electron chi connectivity index (χ2n) is 3.61. The second kappa shape index (κ2) is 4.73. The Kier molecular flexibility index (Phi) is 3.79. The minimum Gasteiger partial charge on any atom is -0.166 e. The summed E-state index contributed by atoms with van der Waals surface area (Å²) in [5, 5.41) is 0. The topological polar surface area (TPSA) is 0 Å². The van der Waals surface area contributed by atoms with Crippen molar-refractivity contribution in [1.29, 1.82) is 0 Å². The van der Waals surface area contributed by atoms with Crippen molar-refractivity contribution in [3.63, 3.8) is 0 Å². The van der Waals surface area contributed by atoms with E-state index in [-0.39, 0.29) is 5.92 Å². The molecule has 0 spiro atoms. The Morgan fingerprint density at radius 1 is 1.38 bits per heavy atom. The summed E-state index contributed by atoms with van der Waals surface area (Å²) in [5.74, 6) is -0.308. The normalized spacial score (nSPS) is 13.6. The average molecular weight is 227 g/mol. The van der Waals surface area contributed by atoms with Crippen molar-refractivity contribution in [2.75, 3.05) is 0 Å². The Balaban J connectivity index is 3.26. The predicted octanol–water partition coefficient (Wildman–Crippen LogP) is 4.37. The van der Waals surface area contributed by atoms with Crippen LogP contribution in [0.25, 0.3) is 0 Å². The van der Waals surface area contributed by atoms with E-state index in [1.165, 1.54) is 6.07 Å². The molecule has 3 heteroatoms. The summed E-state index contributed by atoms with van der Waals surface area (Å²) in [6, 6.07) is 3.79. The molecule has 1 aromatic rings. The Hall–Kier alpha value is -1.25. The van der Waals surface area contributed by atoms with Crippen LogP contribution in [0, 0.1) is 6.92 Å². The molecule has 0 aliphatic heterocycles. The first-order valence-electron chi connectivity index (χ1n) is 5.05. The molecule has 0 heterocycles. The minimum absolute atomic E-state index is 0.308. The quantitative estimate of drug-likeness (QED) is 0.672. The molecule has 1 unspecified atom stereocenters. The molecule has 0 amide bonds. The van der Waals surface area contributed by atoms with Gasteiger partial charge in [0.1, 0.15) is 0 Å². The highest BCUT2D eigenvalue weighted by Crippen LogP contribution is 2.32. The minimum atomic E-state index is -4.30. The van der Waals surface area contributed by atoms with E-state index in [2.05, 4.69) is 13.5 Å². The van der Waals surface area contributed by atoms with E-state index in [9.17, 15) is 13.2 Å². The van der Waals surface area contributed by atoms with Gasteiger partial charge in [-0.2, -0.15) is 13.2 Å². The van der Waals surface area contributed by atoms with Crippen molar-refractivity contribution in [2.45, 2.75) is 25.4 Å². The molecule has 0 aromatic heterocycles. The van der Waals surface area contributed by atoms with Crippen LogP contribution in [0.1, 0.15) is 29.5 Å². The summed E-state index contributed by atoms with van der Waals surface area (Å²) in [4.78, 5) is 0. The fourth-order valence-corrected chi connectivity index (χ4v) is 1.57. The molecule has 0 bridgehead atoms. The number of halogens is 3. The molecule has 0 aliphatic carbocycles. The smallest absolute Gasteiger partial charge is 0.166 e. The average Bonchev–Trinajstić information content (AvgIpc) is 2.25. The SMILES string of the molecule is [CH2]C(C=C)c1cc(C(F)(F)F)ccc1CC. The van der Waals surface area contributed by atoms with Crippen LogP contribution in [-0.2, 0) is 12.6 Å². The number of allylic oxidation sites excluding steroid dienone is 1. The Bertz CT molecular complexity index is 377. The van der Waals surface area contributed by atoms with Crippen LogP contribution in [0.2, 0.25) is 0 Å². The first-order chi connectivity index (χ1) is 7.40. The first-order valence-corrected chi connectivity index (χ1v) is 5.05. The maximum Gasteiger partial charge on any atom is 0.416 e. The number of benzene rings is 1. The lowest BCUT2D eigenvalue weighted by atomic mass is 9.92. The Morgan fingerprint density at radius 2 is 2.00 bits per heavy atom.